The Hall–Kier alpha value is -3.60. The number of benzene rings is 1. The van der Waals surface area contributed by atoms with Crippen LogP contribution in [-0.2, 0) is 4.79 Å². The van der Waals surface area contributed by atoms with Crippen LogP contribution in [0.5, 0.6) is 11.5 Å². The number of nitrogen functional groups attached to an aromatic ring is 1. The molecule has 0 radical (unpaired) electrons. The third-order valence-corrected chi connectivity index (χ3v) is 6.89. The summed E-state index contributed by atoms with van der Waals surface area (Å²) in [4.78, 5) is 23.9. The number of halogens is 2. The van der Waals surface area contributed by atoms with Gasteiger partial charge in [0.2, 0.25) is 0 Å². The Morgan fingerprint density at radius 1 is 1.11 bits per heavy atom. The van der Waals surface area contributed by atoms with Crippen molar-refractivity contribution >= 4 is 52.1 Å². The zero-order valence-electron chi connectivity index (χ0n) is 21.4. The van der Waals surface area contributed by atoms with E-state index in [-0.39, 0.29) is 27.1 Å². The fourth-order valence-electron chi connectivity index (χ4n) is 4.41. The standard InChI is InChI=1S/C26H29Cl2N7O3/c1-13-11-35(12-14(2)32-13)20-8-5-15(10-31-20)33-26(36)24(29)16-6-7-17(34-25(16)30)21-22(27)18(37-3)9-19(38-4)23(21)28/h5-10,13-14,29,32H,11-12H2,1-4H3,(H2,30,34)(H,33,36). The fourth-order valence-corrected chi connectivity index (χ4v) is 5.11. The summed E-state index contributed by atoms with van der Waals surface area (Å²) in [5.41, 5.74) is 7.12. The summed E-state index contributed by atoms with van der Waals surface area (Å²) in [6.45, 7) is 5.95. The maximum atomic E-state index is 12.8. The van der Waals surface area contributed by atoms with E-state index in [0.717, 1.165) is 18.9 Å². The van der Waals surface area contributed by atoms with Gasteiger partial charge in [0, 0.05) is 42.4 Å². The topological polar surface area (TPSA) is 138 Å². The first-order valence-electron chi connectivity index (χ1n) is 11.9. The van der Waals surface area contributed by atoms with Crippen molar-refractivity contribution in [2.45, 2.75) is 25.9 Å². The first-order chi connectivity index (χ1) is 18.1. The van der Waals surface area contributed by atoms with Gasteiger partial charge in [-0.1, -0.05) is 23.2 Å². The summed E-state index contributed by atoms with van der Waals surface area (Å²) < 4.78 is 10.6. The molecule has 0 bridgehead atoms. The molecule has 0 aliphatic carbocycles. The summed E-state index contributed by atoms with van der Waals surface area (Å²) in [5, 5.41) is 15.0. The van der Waals surface area contributed by atoms with E-state index >= 15 is 0 Å². The number of amides is 1. The van der Waals surface area contributed by atoms with E-state index in [1.54, 1.807) is 24.4 Å². The number of nitrogens with two attached hydrogens (primary N) is 1. The molecule has 38 heavy (non-hydrogen) atoms. The van der Waals surface area contributed by atoms with Crippen LogP contribution in [0.1, 0.15) is 19.4 Å². The van der Waals surface area contributed by atoms with E-state index in [2.05, 4.69) is 39.3 Å². The minimum absolute atomic E-state index is 0.0352. The number of piperazine rings is 1. The predicted octanol–water partition coefficient (Wildman–Crippen LogP) is 4.24. The molecule has 1 aliphatic heterocycles. The monoisotopic (exact) mass is 557 g/mol. The van der Waals surface area contributed by atoms with Crippen molar-refractivity contribution in [1.82, 2.24) is 15.3 Å². The molecule has 1 aromatic carbocycles. The molecule has 12 heteroatoms. The van der Waals surface area contributed by atoms with Crippen LogP contribution in [0.4, 0.5) is 17.3 Å². The molecule has 0 spiro atoms. The van der Waals surface area contributed by atoms with Gasteiger partial charge >= 0.3 is 0 Å². The summed E-state index contributed by atoms with van der Waals surface area (Å²) in [6.07, 6.45) is 1.57. The Morgan fingerprint density at radius 2 is 1.74 bits per heavy atom. The third kappa shape index (κ3) is 5.62. The van der Waals surface area contributed by atoms with Gasteiger partial charge in [-0.2, -0.15) is 0 Å². The van der Waals surface area contributed by atoms with Crippen LogP contribution in [-0.4, -0.2) is 61.0 Å². The largest absolute Gasteiger partial charge is 0.495 e. The van der Waals surface area contributed by atoms with Gasteiger partial charge in [0.25, 0.3) is 5.91 Å². The Balaban J connectivity index is 1.51. The molecule has 1 saturated heterocycles. The molecule has 2 unspecified atom stereocenters. The molecule has 3 aromatic rings. The van der Waals surface area contributed by atoms with Gasteiger partial charge in [-0.25, -0.2) is 9.97 Å². The van der Waals surface area contributed by atoms with Crippen LogP contribution in [0.25, 0.3) is 11.3 Å². The van der Waals surface area contributed by atoms with Crippen molar-refractivity contribution in [2.75, 3.05) is 43.3 Å². The third-order valence-electron chi connectivity index (χ3n) is 6.14. The van der Waals surface area contributed by atoms with Gasteiger partial charge in [-0.05, 0) is 38.1 Å². The minimum atomic E-state index is -0.649. The average Bonchev–Trinajstić information content (AvgIpc) is 2.88. The molecular weight excluding hydrogens is 529 g/mol. The first-order valence-corrected chi connectivity index (χ1v) is 12.6. The number of methoxy groups -OCH3 is 2. The maximum Gasteiger partial charge on any atom is 0.274 e. The van der Waals surface area contributed by atoms with E-state index < -0.39 is 5.91 Å². The molecule has 1 aliphatic rings. The molecule has 0 saturated carbocycles. The Morgan fingerprint density at radius 3 is 2.26 bits per heavy atom. The van der Waals surface area contributed by atoms with Crippen LogP contribution in [0.15, 0.2) is 36.5 Å². The number of carbonyl (C=O) groups excluding carboxylic acids is 1. The lowest BCUT2D eigenvalue weighted by molar-refractivity contribution is -0.110. The number of rotatable bonds is 7. The quantitative estimate of drug-likeness (QED) is 0.316. The zero-order valence-corrected chi connectivity index (χ0v) is 22.9. The van der Waals surface area contributed by atoms with Gasteiger partial charge in [0.1, 0.15) is 28.8 Å². The van der Waals surface area contributed by atoms with Crippen molar-refractivity contribution in [3.8, 4) is 22.8 Å². The van der Waals surface area contributed by atoms with Crippen LogP contribution < -0.4 is 30.7 Å². The van der Waals surface area contributed by atoms with Crippen molar-refractivity contribution in [3.05, 3.63) is 52.1 Å². The molecule has 2 atom stereocenters. The lowest BCUT2D eigenvalue weighted by Gasteiger charge is -2.36. The average molecular weight is 558 g/mol. The number of carbonyl (C=O) groups is 1. The Bertz CT molecular complexity index is 1330. The highest BCUT2D eigenvalue weighted by molar-refractivity contribution is 6.48. The second kappa shape index (κ2) is 11.4. The number of nitrogens with one attached hydrogen (secondary N) is 3. The lowest BCUT2D eigenvalue weighted by Crippen LogP contribution is -2.54. The van der Waals surface area contributed by atoms with Crippen LogP contribution in [0, 0.1) is 5.41 Å². The van der Waals surface area contributed by atoms with Crippen molar-refractivity contribution < 1.29 is 14.3 Å². The Labute approximate surface area is 231 Å². The van der Waals surface area contributed by atoms with Crippen molar-refractivity contribution in [3.63, 3.8) is 0 Å². The molecule has 200 valence electrons. The lowest BCUT2D eigenvalue weighted by atomic mass is 10.1. The van der Waals surface area contributed by atoms with Crippen molar-refractivity contribution in [1.29, 1.82) is 5.41 Å². The highest BCUT2D eigenvalue weighted by Crippen LogP contribution is 2.45. The van der Waals surface area contributed by atoms with Crippen LogP contribution >= 0.6 is 23.2 Å². The summed E-state index contributed by atoms with van der Waals surface area (Å²) >= 11 is 13.0. The maximum absolute atomic E-state index is 12.8. The molecular formula is C26H29Cl2N7O3. The van der Waals surface area contributed by atoms with E-state index in [9.17, 15) is 4.79 Å². The van der Waals surface area contributed by atoms with Gasteiger partial charge in [-0.3, -0.25) is 10.2 Å². The van der Waals surface area contributed by atoms with Gasteiger partial charge in [0.15, 0.2) is 0 Å². The van der Waals surface area contributed by atoms with Gasteiger partial charge < -0.3 is 30.7 Å². The number of nitrogens with zero attached hydrogens (tertiary/aromatic N) is 3. The second-order valence-corrected chi connectivity index (χ2v) is 9.78. The van der Waals surface area contributed by atoms with Crippen molar-refractivity contribution in [2.24, 2.45) is 0 Å². The Kier molecular flexibility index (Phi) is 8.25. The van der Waals surface area contributed by atoms with Crippen LogP contribution in [0.3, 0.4) is 0 Å². The SMILES string of the molecule is COc1cc(OC)c(Cl)c(-c2ccc(C(=N)C(=O)Nc3ccc(N4CC(C)NC(C)C4)nc3)c(N)n2)c1Cl. The molecule has 5 N–H and O–H groups in total. The molecule has 3 heterocycles. The number of aromatic nitrogens is 2. The summed E-state index contributed by atoms with van der Waals surface area (Å²) in [6, 6.07) is 8.98. The number of anilines is 3. The minimum Gasteiger partial charge on any atom is -0.495 e. The zero-order chi connectivity index (χ0) is 27.6. The number of hydrogen-bond acceptors (Lipinski definition) is 9. The number of hydrogen-bond donors (Lipinski definition) is 4. The number of pyridine rings is 2. The highest BCUT2D eigenvalue weighted by atomic mass is 35.5. The van der Waals surface area contributed by atoms with Gasteiger partial charge in [-0.15, -0.1) is 0 Å². The predicted molar refractivity (Wildman–Crippen MR) is 151 cm³/mol. The molecule has 1 fully saturated rings. The molecule has 4 rings (SSSR count). The molecule has 10 nitrogen and oxygen atoms in total. The highest BCUT2D eigenvalue weighted by Gasteiger charge is 2.24. The van der Waals surface area contributed by atoms with E-state index in [1.807, 2.05) is 6.07 Å². The second-order valence-electron chi connectivity index (χ2n) is 9.02. The summed E-state index contributed by atoms with van der Waals surface area (Å²) in [7, 11) is 2.94. The summed E-state index contributed by atoms with van der Waals surface area (Å²) in [5.74, 6) is 0.838. The van der Waals surface area contributed by atoms with E-state index in [4.69, 9.17) is 43.8 Å². The molecule has 2 aromatic heterocycles. The van der Waals surface area contributed by atoms with Crippen LogP contribution in [0.2, 0.25) is 10.0 Å². The normalized spacial score (nSPS) is 17.2. The smallest absolute Gasteiger partial charge is 0.274 e. The van der Waals surface area contributed by atoms with E-state index in [1.165, 1.54) is 20.3 Å². The fraction of sp³-hybridized carbons (Fsp3) is 0.308. The molecule has 1 amide bonds. The van der Waals surface area contributed by atoms with Gasteiger partial charge in [0.05, 0.1) is 41.8 Å². The number of ether oxygens (including phenoxy) is 2. The first kappa shape index (κ1) is 27.4. The van der Waals surface area contributed by atoms with E-state index in [0.29, 0.717) is 40.5 Å².